The molecule has 1 N–H and O–H groups in total. The van der Waals surface area contributed by atoms with E-state index in [4.69, 9.17) is 20.9 Å². The van der Waals surface area contributed by atoms with Gasteiger partial charge in [0.2, 0.25) is 0 Å². The fraction of sp³-hybridized carbons (Fsp3) is 0.347. The zero-order chi connectivity index (χ0) is 47.0. The zero-order valence-corrected chi connectivity index (χ0v) is 40.4. The molecule has 67 heavy (non-hydrogen) atoms. The highest BCUT2D eigenvalue weighted by Crippen LogP contribution is 2.48. The molecule has 0 amide bonds. The van der Waals surface area contributed by atoms with Crippen molar-refractivity contribution in [2.24, 2.45) is 5.92 Å². The van der Waals surface area contributed by atoms with Crippen LogP contribution in [0.3, 0.4) is 0 Å². The maximum absolute atomic E-state index is 14.9. The Morgan fingerprint density at radius 3 is 2.31 bits per heavy atom. The van der Waals surface area contributed by atoms with Crippen LogP contribution < -0.4 is 15.3 Å². The summed E-state index contributed by atoms with van der Waals surface area (Å²) in [6.45, 7) is 8.84. The standard InChI is InChI=1S/C49H53ClF3N6O5PS2/c1-2-64-65(60,42-18-14-38(47(32-42)67(61,62)49(51,52)53)30-36(20-21-57-26-28-63-29-27-57)34-66-43-9-4-3-5-10-43)56-48-45-19-17-41(31-46(45)54-35-55-48)59-24-22-58(23-25-59)33-39-8-6-7-11-44(39)37-12-15-40(50)16-13-37/h3-19,31-32,35-36H,2,20-30,33-34H2,1H3,(H,54,55,56,60)/t36-,65?/m0/s1. The Balaban J connectivity index is 1.01. The van der Waals surface area contributed by atoms with E-state index in [9.17, 15) is 26.2 Å². The Kier molecular flexibility index (Phi) is 16.0. The van der Waals surface area contributed by atoms with E-state index in [-0.39, 0.29) is 35.6 Å². The SMILES string of the molecule is CCOP(=O)(Nc1ncnc2cc(N3CCN(Cc4ccccc4-c4ccc(Cl)cc4)CC3)ccc12)c1ccc(C[C@H](CCN2CCOCC2)CSc2ccccc2)c(S(=O)(=O)C(F)(F)F)c1. The van der Waals surface area contributed by atoms with Crippen molar-refractivity contribution < 1.29 is 35.4 Å². The van der Waals surface area contributed by atoms with Gasteiger partial charge in [0.15, 0.2) is 0 Å². The number of fused-ring (bicyclic) bond motifs is 1. The van der Waals surface area contributed by atoms with Crippen molar-refractivity contribution in [1.82, 2.24) is 19.8 Å². The number of hydrogen-bond donors (Lipinski definition) is 1. The predicted octanol–water partition coefficient (Wildman–Crippen LogP) is 10.2. The average Bonchev–Trinajstić information content (AvgIpc) is 3.33. The van der Waals surface area contributed by atoms with E-state index in [1.807, 2.05) is 78.9 Å². The molecule has 3 heterocycles. The fourth-order valence-corrected chi connectivity index (χ4v) is 12.6. The van der Waals surface area contributed by atoms with Gasteiger partial charge in [0.1, 0.15) is 12.1 Å². The van der Waals surface area contributed by atoms with Crippen LogP contribution in [0.15, 0.2) is 131 Å². The summed E-state index contributed by atoms with van der Waals surface area (Å²) < 4.78 is 96.6. The van der Waals surface area contributed by atoms with Crippen LogP contribution in [0.1, 0.15) is 24.5 Å². The summed E-state index contributed by atoms with van der Waals surface area (Å²) in [5, 5.41) is 3.86. The molecule has 2 atom stereocenters. The lowest BCUT2D eigenvalue weighted by molar-refractivity contribution is -0.0436. The highest BCUT2D eigenvalue weighted by atomic mass is 35.5. The average molecular weight is 994 g/mol. The first-order chi connectivity index (χ1) is 32.3. The lowest BCUT2D eigenvalue weighted by Crippen LogP contribution is -2.46. The number of nitrogens with zero attached hydrogens (tertiary/aromatic N) is 5. The van der Waals surface area contributed by atoms with Gasteiger partial charge in [0.25, 0.3) is 9.84 Å². The molecule has 6 aromatic rings. The number of nitrogens with one attached hydrogen (secondary N) is 1. The van der Waals surface area contributed by atoms with E-state index in [1.165, 1.54) is 29.6 Å². The third kappa shape index (κ3) is 12.0. The van der Waals surface area contributed by atoms with Crippen LogP contribution in [0, 0.1) is 5.92 Å². The van der Waals surface area contributed by atoms with Crippen molar-refractivity contribution in [2.75, 3.05) is 81.4 Å². The molecular formula is C49H53ClF3N6O5PS2. The van der Waals surface area contributed by atoms with Crippen LogP contribution in [0.25, 0.3) is 22.0 Å². The smallest absolute Gasteiger partial charge is 0.379 e. The van der Waals surface area contributed by atoms with Crippen LogP contribution in [0.4, 0.5) is 24.7 Å². The normalized spacial score (nSPS) is 16.8. The number of ether oxygens (including phenoxy) is 1. The summed E-state index contributed by atoms with van der Waals surface area (Å²) >= 11 is 7.73. The molecule has 18 heteroatoms. The van der Waals surface area contributed by atoms with E-state index >= 15 is 0 Å². The number of alkyl halides is 3. The van der Waals surface area contributed by atoms with Gasteiger partial charge in [-0.15, -0.1) is 11.8 Å². The molecule has 2 aliphatic rings. The van der Waals surface area contributed by atoms with Crippen LogP contribution in [0.2, 0.25) is 5.02 Å². The molecule has 5 aromatic carbocycles. The van der Waals surface area contributed by atoms with E-state index in [0.29, 0.717) is 47.9 Å². The van der Waals surface area contributed by atoms with Crippen LogP contribution in [0.5, 0.6) is 0 Å². The third-order valence-corrected chi connectivity index (χ3v) is 17.3. The van der Waals surface area contributed by atoms with Gasteiger partial charge in [0.05, 0.1) is 35.5 Å². The minimum absolute atomic E-state index is 0.00614. The minimum atomic E-state index is -5.89. The summed E-state index contributed by atoms with van der Waals surface area (Å²) in [5.41, 5.74) is -0.610. The third-order valence-electron chi connectivity index (χ3n) is 12.2. The number of hydrogen-bond acceptors (Lipinski definition) is 11. The van der Waals surface area contributed by atoms with Gasteiger partial charge in [-0.3, -0.25) is 19.5 Å². The second kappa shape index (κ2) is 21.8. The molecule has 11 nitrogen and oxygen atoms in total. The Hall–Kier alpha value is -4.51. The van der Waals surface area contributed by atoms with E-state index in [1.54, 1.807) is 18.7 Å². The first kappa shape index (κ1) is 48.9. The molecule has 1 unspecified atom stereocenters. The summed E-state index contributed by atoms with van der Waals surface area (Å²) in [6, 6.07) is 35.2. The Labute approximate surface area is 399 Å². The molecule has 1 aromatic heterocycles. The van der Waals surface area contributed by atoms with Gasteiger partial charge in [-0.2, -0.15) is 13.2 Å². The first-order valence-corrected chi connectivity index (χ1v) is 26.8. The number of piperazine rings is 1. The summed E-state index contributed by atoms with van der Waals surface area (Å²) in [7, 11) is -10.2. The van der Waals surface area contributed by atoms with E-state index in [0.717, 1.165) is 68.0 Å². The second-order valence-corrected chi connectivity index (χ2v) is 22.2. The second-order valence-electron chi connectivity index (χ2n) is 16.6. The van der Waals surface area contributed by atoms with Crippen molar-refractivity contribution in [3.8, 4) is 11.1 Å². The van der Waals surface area contributed by atoms with Crippen LogP contribution in [-0.4, -0.2) is 105 Å². The lowest BCUT2D eigenvalue weighted by Gasteiger charge is -2.36. The van der Waals surface area contributed by atoms with Gasteiger partial charge in [0, 0.05) is 72.6 Å². The highest BCUT2D eigenvalue weighted by Gasteiger charge is 2.48. The number of rotatable bonds is 18. The van der Waals surface area contributed by atoms with Crippen molar-refractivity contribution in [1.29, 1.82) is 0 Å². The molecule has 0 bridgehead atoms. The molecule has 0 radical (unpaired) electrons. The van der Waals surface area contributed by atoms with E-state index in [2.05, 4.69) is 48.0 Å². The zero-order valence-electron chi connectivity index (χ0n) is 37.1. The van der Waals surface area contributed by atoms with Gasteiger partial charge in [-0.1, -0.05) is 72.3 Å². The summed E-state index contributed by atoms with van der Waals surface area (Å²) in [4.78, 5) is 15.9. The Morgan fingerprint density at radius 1 is 0.851 bits per heavy atom. The fourth-order valence-electron chi connectivity index (χ4n) is 8.54. The Bertz CT molecular complexity index is 2780. The number of benzene rings is 5. The molecule has 354 valence electrons. The maximum Gasteiger partial charge on any atom is 0.501 e. The largest absolute Gasteiger partial charge is 0.501 e. The number of aromatic nitrogens is 2. The maximum atomic E-state index is 14.9. The van der Waals surface area contributed by atoms with Gasteiger partial charge in [-0.25, -0.2) is 18.4 Å². The number of anilines is 2. The monoisotopic (exact) mass is 992 g/mol. The van der Waals surface area contributed by atoms with Crippen molar-refractivity contribution in [2.45, 2.75) is 41.6 Å². The van der Waals surface area contributed by atoms with E-state index < -0.39 is 27.8 Å². The molecule has 0 aliphatic carbocycles. The van der Waals surface area contributed by atoms with Gasteiger partial charge in [-0.05, 0) is 109 Å². The summed E-state index contributed by atoms with van der Waals surface area (Å²) in [6.07, 6.45) is 1.98. The van der Waals surface area contributed by atoms with Gasteiger partial charge < -0.3 is 14.2 Å². The molecular weight excluding hydrogens is 940 g/mol. The Morgan fingerprint density at radius 2 is 1.58 bits per heavy atom. The summed E-state index contributed by atoms with van der Waals surface area (Å²) in [5.74, 6) is 0.477. The van der Waals surface area contributed by atoms with Crippen molar-refractivity contribution in [3.05, 3.63) is 138 Å². The molecule has 0 spiro atoms. The molecule has 0 saturated carbocycles. The quantitative estimate of drug-likeness (QED) is 0.0653. The highest BCUT2D eigenvalue weighted by molar-refractivity contribution is 7.99. The number of thioether (sulfide) groups is 1. The molecule has 8 rings (SSSR count). The van der Waals surface area contributed by atoms with Crippen LogP contribution >= 0.6 is 30.9 Å². The van der Waals surface area contributed by atoms with Crippen molar-refractivity contribution >= 4 is 68.4 Å². The van der Waals surface area contributed by atoms with Crippen LogP contribution in [-0.2, 0) is 36.6 Å². The lowest BCUT2D eigenvalue weighted by atomic mass is 9.97. The molecule has 2 fully saturated rings. The first-order valence-electron chi connectivity index (χ1n) is 22.3. The molecule has 2 aliphatic heterocycles. The van der Waals surface area contributed by atoms with Gasteiger partial charge >= 0.3 is 13.0 Å². The number of morpholine rings is 1. The molecule has 2 saturated heterocycles. The van der Waals surface area contributed by atoms with Crippen molar-refractivity contribution in [3.63, 3.8) is 0 Å². The predicted molar refractivity (Wildman–Crippen MR) is 262 cm³/mol. The number of halogens is 4. The topological polar surface area (TPSA) is 117 Å². The minimum Gasteiger partial charge on any atom is -0.379 e. The number of sulfone groups is 1.